The third-order valence-corrected chi connectivity index (χ3v) is 2.63. The highest BCUT2D eigenvalue weighted by Gasteiger charge is 2.07. The minimum absolute atomic E-state index is 0.0164. The maximum atomic E-state index is 13.1. The zero-order valence-corrected chi connectivity index (χ0v) is 9.44. The molecule has 0 heterocycles. The summed E-state index contributed by atoms with van der Waals surface area (Å²) in [6.45, 7) is 2.09. The van der Waals surface area contributed by atoms with Gasteiger partial charge < -0.3 is 0 Å². The van der Waals surface area contributed by atoms with Gasteiger partial charge in [-0.05, 0) is 19.1 Å². The molecule has 0 aliphatic carbocycles. The summed E-state index contributed by atoms with van der Waals surface area (Å²) in [7, 11) is 0. The van der Waals surface area contributed by atoms with Gasteiger partial charge >= 0.3 is 0 Å². The summed E-state index contributed by atoms with van der Waals surface area (Å²) < 4.78 is 25.7. The van der Waals surface area contributed by atoms with Gasteiger partial charge in [-0.15, -0.1) is 11.8 Å². The van der Waals surface area contributed by atoms with Crippen LogP contribution in [0.1, 0.15) is 6.92 Å². The van der Waals surface area contributed by atoms with E-state index in [9.17, 15) is 13.6 Å². The highest BCUT2D eigenvalue weighted by atomic mass is 32.2. The van der Waals surface area contributed by atoms with Gasteiger partial charge in [0, 0.05) is 11.0 Å². The smallest absolute Gasteiger partial charge is 0.253 e. The number of amides is 1. The average Bonchev–Trinajstić information content (AvgIpc) is 2.25. The zero-order valence-electron chi connectivity index (χ0n) is 8.63. The molecule has 0 saturated carbocycles. The van der Waals surface area contributed by atoms with Crippen LogP contribution in [0.15, 0.2) is 23.1 Å². The van der Waals surface area contributed by atoms with E-state index in [1.165, 1.54) is 6.07 Å². The molecule has 6 heteroatoms. The topological polar surface area (TPSA) is 38.3 Å². The van der Waals surface area contributed by atoms with Gasteiger partial charge in [-0.2, -0.15) is 0 Å². The maximum Gasteiger partial charge on any atom is 0.253 e. The predicted molar refractivity (Wildman–Crippen MR) is 56.9 cm³/mol. The van der Waals surface area contributed by atoms with E-state index in [0.29, 0.717) is 6.61 Å². The van der Waals surface area contributed by atoms with Crippen LogP contribution >= 0.6 is 11.8 Å². The Morgan fingerprint density at radius 1 is 1.50 bits per heavy atom. The van der Waals surface area contributed by atoms with Gasteiger partial charge in [-0.25, -0.2) is 14.3 Å². The quantitative estimate of drug-likeness (QED) is 0.640. The lowest BCUT2D eigenvalue weighted by Gasteiger charge is -2.04. The van der Waals surface area contributed by atoms with Gasteiger partial charge in [0.25, 0.3) is 5.91 Å². The van der Waals surface area contributed by atoms with Crippen LogP contribution in [0.5, 0.6) is 0 Å². The molecular weight excluding hydrogens is 236 g/mol. The van der Waals surface area contributed by atoms with E-state index in [0.717, 1.165) is 23.9 Å². The molecule has 0 aliphatic rings. The highest BCUT2D eigenvalue weighted by Crippen LogP contribution is 2.21. The lowest BCUT2D eigenvalue weighted by atomic mass is 10.3. The third-order valence-electron chi connectivity index (χ3n) is 1.58. The van der Waals surface area contributed by atoms with Crippen molar-refractivity contribution in [2.75, 3.05) is 12.4 Å². The largest absolute Gasteiger partial charge is 0.274 e. The first-order valence-electron chi connectivity index (χ1n) is 4.62. The Kier molecular flexibility index (Phi) is 5.21. The Bertz CT molecular complexity index is 374. The molecule has 0 radical (unpaired) electrons. The number of carbonyl (C=O) groups excluding carboxylic acids is 1. The molecule has 88 valence electrons. The van der Waals surface area contributed by atoms with Crippen LogP contribution in [0, 0.1) is 11.6 Å². The van der Waals surface area contributed by atoms with Crippen LogP contribution in [0.25, 0.3) is 0 Å². The second-order valence-electron chi connectivity index (χ2n) is 2.82. The Hall–Kier alpha value is -1.14. The summed E-state index contributed by atoms with van der Waals surface area (Å²) in [5.74, 6) is -1.66. The van der Waals surface area contributed by atoms with E-state index >= 15 is 0 Å². The van der Waals surface area contributed by atoms with E-state index in [1.54, 1.807) is 6.92 Å². The lowest BCUT2D eigenvalue weighted by molar-refractivity contribution is -0.130. The number of hydroxylamine groups is 1. The first kappa shape index (κ1) is 12.9. The van der Waals surface area contributed by atoms with E-state index in [1.807, 2.05) is 0 Å². The molecule has 1 N–H and O–H groups in total. The van der Waals surface area contributed by atoms with Crippen LogP contribution in [0.2, 0.25) is 0 Å². The number of rotatable bonds is 5. The Balaban J connectivity index is 2.45. The van der Waals surface area contributed by atoms with E-state index in [-0.39, 0.29) is 16.6 Å². The molecule has 16 heavy (non-hydrogen) atoms. The fraction of sp³-hybridized carbons (Fsp3) is 0.300. The second-order valence-corrected chi connectivity index (χ2v) is 3.84. The molecule has 0 unspecified atom stereocenters. The minimum atomic E-state index is -0.672. The van der Waals surface area contributed by atoms with Crippen LogP contribution < -0.4 is 5.48 Å². The molecular formula is C10H11F2NO2S. The SMILES string of the molecule is CCONC(=O)CSc1ccc(F)cc1F. The van der Waals surface area contributed by atoms with Crippen molar-refractivity contribution in [2.45, 2.75) is 11.8 Å². The van der Waals surface area contributed by atoms with Crippen molar-refractivity contribution in [3.8, 4) is 0 Å². The van der Waals surface area contributed by atoms with E-state index in [4.69, 9.17) is 0 Å². The number of thioether (sulfide) groups is 1. The summed E-state index contributed by atoms with van der Waals surface area (Å²) in [5.41, 5.74) is 2.18. The van der Waals surface area contributed by atoms with Gasteiger partial charge in [0.05, 0.1) is 12.4 Å². The first-order chi connectivity index (χ1) is 7.63. The molecule has 0 bridgehead atoms. The van der Waals surface area contributed by atoms with Crippen LogP contribution in [-0.2, 0) is 9.63 Å². The molecule has 0 saturated heterocycles. The van der Waals surface area contributed by atoms with Gasteiger partial charge in [0.1, 0.15) is 11.6 Å². The minimum Gasteiger partial charge on any atom is -0.274 e. The molecule has 0 fully saturated rings. The normalized spacial score (nSPS) is 10.2. The first-order valence-corrected chi connectivity index (χ1v) is 5.60. The number of hydrogen-bond acceptors (Lipinski definition) is 3. The number of halogens is 2. The number of carbonyl (C=O) groups is 1. The van der Waals surface area contributed by atoms with Crippen molar-refractivity contribution < 1.29 is 18.4 Å². The monoisotopic (exact) mass is 247 g/mol. The summed E-state index contributed by atoms with van der Waals surface area (Å²) >= 11 is 0.981. The number of hydrogen-bond donors (Lipinski definition) is 1. The van der Waals surface area contributed by atoms with Crippen molar-refractivity contribution >= 4 is 17.7 Å². The zero-order chi connectivity index (χ0) is 12.0. The highest BCUT2D eigenvalue weighted by molar-refractivity contribution is 8.00. The fourth-order valence-corrected chi connectivity index (χ4v) is 1.62. The summed E-state index contributed by atoms with van der Waals surface area (Å²) in [6, 6.07) is 3.22. The van der Waals surface area contributed by atoms with Gasteiger partial charge in [0.15, 0.2) is 0 Å². The van der Waals surface area contributed by atoms with Crippen molar-refractivity contribution in [2.24, 2.45) is 0 Å². The number of benzene rings is 1. The molecule has 0 atom stereocenters. The molecule has 0 aliphatic heterocycles. The lowest BCUT2D eigenvalue weighted by Crippen LogP contribution is -2.25. The number of nitrogens with one attached hydrogen (secondary N) is 1. The third kappa shape index (κ3) is 4.16. The van der Waals surface area contributed by atoms with Crippen LogP contribution in [0.4, 0.5) is 8.78 Å². The molecule has 0 spiro atoms. The average molecular weight is 247 g/mol. The van der Waals surface area contributed by atoms with Crippen LogP contribution in [-0.4, -0.2) is 18.3 Å². The van der Waals surface area contributed by atoms with E-state index < -0.39 is 11.6 Å². The van der Waals surface area contributed by atoms with Gasteiger partial charge in [-0.1, -0.05) is 0 Å². The molecule has 0 aromatic heterocycles. The Morgan fingerprint density at radius 3 is 2.88 bits per heavy atom. The van der Waals surface area contributed by atoms with E-state index in [2.05, 4.69) is 10.3 Å². The fourth-order valence-electron chi connectivity index (χ4n) is 0.918. The second kappa shape index (κ2) is 6.44. The van der Waals surface area contributed by atoms with Crippen molar-refractivity contribution in [3.63, 3.8) is 0 Å². The van der Waals surface area contributed by atoms with Crippen LogP contribution in [0.3, 0.4) is 0 Å². The predicted octanol–water partition coefficient (Wildman–Crippen LogP) is 2.12. The summed E-state index contributed by atoms with van der Waals surface area (Å²) in [6.07, 6.45) is 0. The molecule has 1 amide bonds. The van der Waals surface area contributed by atoms with Crippen molar-refractivity contribution in [3.05, 3.63) is 29.8 Å². The molecule has 3 nitrogen and oxygen atoms in total. The standard InChI is InChI=1S/C10H11F2NO2S/c1-2-15-13-10(14)6-16-9-4-3-7(11)5-8(9)12/h3-5H,2,6H2,1H3,(H,13,14). The summed E-state index contributed by atoms with van der Waals surface area (Å²) in [4.78, 5) is 16.0. The molecule has 1 aromatic rings. The summed E-state index contributed by atoms with van der Waals surface area (Å²) in [5, 5.41) is 0. The van der Waals surface area contributed by atoms with Gasteiger partial charge in [-0.3, -0.25) is 9.63 Å². The Labute approximate surface area is 96.1 Å². The molecule has 1 aromatic carbocycles. The van der Waals surface area contributed by atoms with Crippen molar-refractivity contribution in [1.29, 1.82) is 0 Å². The maximum absolute atomic E-state index is 13.1. The van der Waals surface area contributed by atoms with Crippen molar-refractivity contribution in [1.82, 2.24) is 5.48 Å². The Morgan fingerprint density at radius 2 is 2.25 bits per heavy atom. The van der Waals surface area contributed by atoms with Gasteiger partial charge in [0.2, 0.25) is 0 Å². The molecule has 1 rings (SSSR count).